The van der Waals surface area contributed by atoms with Crippen LogP contribution in [0.2, 0.25) is 0 Å². The summed E-state index contributed by atoms with van der Waals surface area (Å²) >= 11 is 0. The summed E-state index contributed by atoms with van der Waals surface area (Å²) in [4.78, 5) is 23.9. The standard InChI is InChI=1S/C14H15NO2/c16-10-12-6-4-5-9-14(12)15(11-17)13-7-2-1-3-8-13/h2,4-7,9-11,13H,1,3,8H2. The zero-order valence-corrected chi connectivity index (χ0v) is 9.58. The van der Waals surface area contributed by atoms with Crippen LogP contribution in [0.5, 0.6) is 0 Å². The van der Waals surface area contributed by atoms with E-state index in [1.165, 1.54) is 0 Å². The lowest BCUT2D eigenvalue weighted by Gasteiger charge is -2.28. The highest BCUT2D eigenvalue weighted by Gasteiger charge is 2.19. The zero-order chi connectivity index (χ0) is 12.1. The SMILES string of the molecule is O=Cc1ccccc1N(C=O)C1C=CCCC1. The molecule has 0 aliphatic heterocycles. The van der Waals surface area contributed by atoms with Gasteiger partial charge in [0, 0.05) is 5.56 Å². The van der Waals surface area contributed by atoms with Gasteiger partial charge in [0.1, 0.15) is 0 Å². The van der Waals surface area contributed by atoms with Crippen molar-refractivity contribution in [2.45, 2.75) is 25.3 Å². The average molecular weight is 229 g/mol. The van der Waals surface area contributed by atoms with Gasteiger partial charge in [0.15, 0.2) is 6.29 Å². The molecule has 0 heterocycles. The highest BCUT2D eigenvalue weighted by Crippen LogP contribution is 2.24. The number of nitrogens with zero attached hydrogens (tertiary/aromatic N) is 1. The topological polar surface area (TPSA) is 37.4 Å². The van der Waals surface area contributed by atoms with Crippen LogP contribution in [0.4, 0.5) is 5.69 Å². The van der Waals surface area contributed by atoms with E-state index in [1.807, 2.05) is 12.1 Å². The molecule has 0 bridgehead atoms. The Balaban J connectivity index is 2.34. The molecule has 0 spiro atoms. The molecule has 0 saturated carbocycles. The van der Waals surface area contributed by atoms with Gasteiger partial charge in [0.25, 0.3) is 0 Å². The normalized spacial score (nSPS) is 18.7. The van der Waals surface area contributed by atoms with E-state index < -0.39 is 0 Å². The van der Waals surface area contributed by atoms with Gasteiger partial charge in [-0.3, -0.25) is 9.59 Å². The third-order valence-corrected chi connectivity index (χ3v) is 3.04. The quantitative estimate of drug-likeness (QED) is 0.587. The molecule has 2 rings (SSSR count). The second kappa shape index (κ2) is 5.43. The molecule has 0 radical (unpaired) electrons. The van der Waals surface area contributed by atoms with Crippen LogP contribution in [0.3, 0.4) is 0 Å². The van der Waals surface area contributed by atoms with Crippen molar-refractivity contribution >= 4 is 18.4 Å². The number of amides is 1. The fraction of sp³-hybridized carbons (Fsp3) is 0.286. The number of para-hydroxylation sites is 1. The monoisotopic (exact) mass is 229 g/mol. The minimum absolute atomic E-state index is 0.0716. The third-order valence-electron chi connectivity index (χ3n) is 3.04. The molecule has 0 saturated heterocycles. The van der Waals surface area contributed by atoms with Crippen LogP contribution in [-0.4, -0.2) is 18.7 Å². The smallest absolute Gasteiger partial charge is 0.214 e. The molecule has 1 atom stereocenters. The molecule has 1 aliphatic rings. The minimum Gasteiger partial charge on any atom is -0.307 e. The van der Waals surface area contributed by atoms with E-state index in [1.54, 1.807) is 23.1 Å². The van der Waals surface area contributed by atoms with Gasteiger partial charge in [-0.2, -0.15) is 0 Å². The largest absolute Gasteiger partial charge is 0.307 e. The Morgan fingerprint density at radius 3 is 2.71 bits per heavy atom. The predicted octanol–water partition coefficient (Wildman–Crippen LogP) is 2.57. The van der Waals surface area contributed by atoms with Crippen molar-refractivity contribution in [2.75, 3.05) is 4.90 Å². The summed E-state index contributed by atoms with van der Waals surface area (Å²) in [5, 5.41) is 0. The van der Waals surface area contributed by atoms with Crippen molar-refractivity contribution in [1.82, 2.24) is 0 Å². The third kappa shape index (κ3) is 2.44. The van der Waals surface area contributed by atoms with Crippen LogP contribution in [0.25, 0.3) is 0 Å². The van der Waals surface area contributed by atoms with Gasteiger partial charge in [-0.15, -0.1) is 0 Å². The number of aldehydes is 1. The first-order valence-corrected chi connectivity index (χ1v) is 5.81. The molecule has 0 fully saturated rings. The first-order valence-electron chi connectivity index (χ1n) is 5.81. The predicted molar refractivity (Wildman–Crippen MR) is 67.2 cm³/mol. The summed E-state index contributed by atoms with van der Waals surface area (Å²) in [6.07, 6.45) is 8.82. The number of hydrogen-bond acceptors (Lipinski definition) is 2. The highest BCUT2D eigenvalue weighted by molar-refractivity contribution is 5.90. The first kappa shape index (κ1) is 11.6. The van der Waals surface area contributed by atoms with Crippen molar-refractivity contribution in [3.05, 3.63) is 42.0 Å². The molecular weight excluding hydrogens is 214 g/mol. The molecular formula is C14H15NO2. The van der Waals surface area contributed by atoms with Crippen LogP contribution in [-0.2, 0) is 4.79 Å². The molecule has 1 aromatic rings. The van der Waals surface area contributed by atoms with E-state index in [4.69, 9.17) is 0 Å². The van der Waals surface area contributed by atoms with Gasteiger partial charge in [-0.05, 0) is 31.4 Å². The first-order chi connectivity index (χ1) is 8.36. The Morgan fingerprint density at radius 2 is 2.06 bits per heavy atom. The zero-order valence-electron chi connectivity index (χ0n) is 9.58. The van der Waals surface area contributed by atoms with Crippen LogP contribution in [0.15, 0.2) is 36.4 Å². The van der Waals surface area contributed by atoms with E-state index in [9.17, 15) is 9.59 Å². The maximum atomic E-state index is 11.2. The summed E-state index contributed by atoms with van der Waals surface area (Å²) in [5.74, 6) is 0. The molecule has 3 nitrogen and oxygen atoms in total. The summed E-state index contributed by atoms with van der Waals surface area (Å²) in [5.41, 5.74) is 1.24. The van der Waals surface area contributed by atoms with E-state index in [2.05, 4.69) is 6.08 Å². The maximum Gasteiger partial charge on any atom is 0.214 e. The molecule has 1 aliphatic carbocycles. The Labute approximate surface area is 101 Å². The van der Waals surface area contributed by atoms with Crippen molar-refractivity contribution in [3.8, 4) is 0 Å². The van der Waals surface area contributed by atoms with Crippen LogP contribution >= 0.6 is 0 Å². The number of carbonyl (C=O) groups is 2. The lowest BCUT2D eigenvalue weighted by atomic mass is 10.0. The van der Waals surface area contributed by atoms with Gasteiger partial charge >= 0.3 is 0 Å². The fourth-order valence-corrected chi connectivity index (χ4v) is 2.16. The number of anilines is 1. The minimum atomic E-state index is 0.0716. The summed E-state index contributed by atoms with van der Waals surface area (Å²) < 4.78 is 0. The van der Waals surface area contributed by atoms with E-state index in [0.29, 0.717) is 11.3 Å². The van der Waals surface area contributed by atoms with E-state index in [-0.39, 0.29) is 6.04 Å². The molecule has 88 valence electrons. The molecule has 0 N–H and O–H groups in total. The fourth-order valence-electron chi connectivity index (χ4n) is 2.16. The van der Waals surface area contributed by atoms with E-state index >= 15 is 0 Å². The van der Waals surface area contributed by atoms with Crippen LogP contribution in [0.1, 0.15) is 29.6 Å². The second-order valence-electron chi connectivity index (χ2n) is 4.12. The van der Waals surface area contributed by atoms with Crippen LogP contribution in [0, 0.1) is 0 Å². The average Bonchev–Trinajstić information content (AvgIpc) is 2.41. The summed E-state index contributed by atoms with van der Waals surface area (Å²) in [7, 11) is 0. The van der Waals surface area contributed by atoms with Crippen molar-refractivity contribution in [2.24, 2.45) is 0 Å². The van der Waals surface area contributed by atoms with Gasteiger partial charge in [0.05, 0.1) is 11.7 Å². The number of rotatable bonds is 4. The lowest BCUT2D eigenvalue weighted by Crippen LogP contribution is -2.34. The van der Waals surface area contributed by atoms with Crippen molar-refractivity contribution < 1.29 is 9.59 Å². The van der Waals surface area contributed by atoms with Crippen molar-refractivity contribution in [3.63, 3.8) is 0 Å². The summed E-state index contributed by atoms with van der Waals surface area (Å²) in [6.45, 7) is 0. The van der Waals surface area contributed by atoms with Gasteiger partial charge in [0.2, 0.25) is 6.41 Å². The number of hydrogen-bond donors (Lipinski definition) is 0. The van der Waals surface area contributed by atoms with Gasteiger partial charge in [-0.25, -0.2) is 0 Å². The molecule has 1 amide bonds. The molecule has 0 aromatic heterocycles. The molecule has 17 heavy (non-hydrogen) atoms. The Hall–Kier alpha value is -1.90. The van der Waals surface area contributed by atoms with Gasteiger partial charge in [-0.1, -0.05) is 24.3 Å². The van der Waals surface area contributed by atoms with Crippen molar-refractivity contribution in [1.29, 1.82) is 0 Å². The highest BCUT2D eigenvalue weighted by atomic mass is 16.1. The summed E-state index contributed by atoms with van der Waals surface area (Å²) in [6, 6.07) is 7.24. The maximum absolute atomic E-state index is 11.2. The Bertz CT molecular complexity index is 440. The van der Waals surface area contributed by atoms with E-state index in [0.717, 1.165) is 32.0 Å². The number of benzene rings is 1. The second-order valence-corrected chi connectivity index (χ2v) is 4.12. The number of allylic oxidation sites excluding steroid dienone is 1. The Morgan fingerprint density at radius 1 is 1.24 bits per heavy atom. The Kier molecular flexibility index (Phi) is 3.70. The number of carbonyl (C=O) groups excluding carboxylic acids is 2. The molecule has 1 aromatic carbocycles. The molecule has 3 heteroatoms. The van der Waals surface area contributed by atoms with Gasteiger partial charge < -0.3 is 4.90 Å². The molecule has 1 unspecified atom stereocenters. The lowest BCUT2D eigenvalue weighted by molar-refractivity contribution is -0.107. The van der Waals surface area contributed by atoms with Crippen LogP contribution < -0.4 is 4.90 Å².